The number of nitrogens with one attached hydrogen (secondary N) is 1. The zero-order valence-electron chi connectivity index (χ0n) is 19.8. The summed E-state index contributed by atoms with van der Waals surface area (Å²) in [4.78, 5) is 23.3. The lowest BCUT2D eigenvalue weighted by atomic mass is 9.99. The number of halogens is 1. The molecule has 4 heterocycles. The van der Waals surface area contributed by atoms with Gasteiger partial charge in [0.25, 0.3) is 0 Å². The summed E-state index contributed by atoms with van der Waals surface area (Å²) in [7, 11) is 0. The molecule has 4 aromatic rings. The molecule has 0 fully saturated rings. The second kappa shape index (κ2) is 9.75. The number of fused-ring (bicyclic) bond motifs is 3. The summed E-state index contributed by atoms with van der Waals surface area (Å²) >= 11 is 7.86. The number of thiophene rings is 1. The van der Waals surface area contributed by atoms with Crippen molar-refractivity contribution in [2.45, 2.75) is 46.2 Å². The van der Waals surface area contributed by atoms with Gasteiger partial charge in [-0.3, -0.25) is 14.4 Å². The van der Waals surface area contributed by atoms with Gasteiger partial charge in [-0.15, -0.1) is 21.5 Å². The van der Waals surface area contributed by atoms with Crippen LogP contribution in [0.25, 0.3) is 5.00 Å². The number of benzene rings is 1. The Morgan fingerprint density at radius 1 is 1.17 bits per heavy atom. The van der Waals surface area contributed by atoms with Crippen molar-refractivity contribution in [1.82, 2.24) is 29.6 Å². The van der Waals surface area contributed by atoms with Crippen LogP contribution < -0.4 is 5.32 Å². The number of amides is 1. The summed E-state index contributed by atoms with van der Waals surface area (Å²) in [6.45, 7) is 7.54. The Balaban J connectivity index is 1.46. The van der Waals surface area contributed by atoms with Gasteiger partial charge in [0.1, 0.15) is 16.9 Å². The van der Waals surface area contributed by atoms with Gasteiger partial charge >= 0.3 is 0 Å². The molecule has 0 spiro atoms. The van der Waals surface area contributed by atoms with Crippen LogP contribution in [0.3, 0.4) is 0 Å². The van der Waals surface area contributed by atoms with Crippen LogP contribution in [0.2, 0.25) is 5.02 Å². The number of aromatic nitrogens is 5. The van der Waals surface area contributed by atoms with E-state index in [1.807, 2.05) is 42.0 Å². The van der Waals surface area contributed by atoms with E-state index in [1.165, 1.54) is 10.4 Å². The molecule has 8 nitrogen and oxygen atoms in total. The van der Waals surface area contributed by atoms with E-state index >= 15 is 0 Å². The number of imidazole rings is 1. The first-order chi connectivity index (χ1) is 16.9. The average molecular weight is 508 g/mol. The molecule has 0 aliphatic carbocycles. The molecule has 0 radical (unpaired) electrons. The van der Waals surface area contributed by atoms with Crippen LogP contribution in [0.4, 0.5) is 0 Å². The molecule has 5 rings (SSSR count). The monoisotopic (exact) mass is 507 g/mol. The largest absolute Gasteiger partial charge is 0.356 e. The van der Waals surface area contributed by atoms with E-state index in [2.05, 4.69) is 38.9 Å². The third-order valence-corrected chi connectivity index (χ3v) is 7.65. The van der Waals surface area contributed by atoms with Gasteiger partial charge in [0.05, 0.1) is 18.5 Å². The zero-order valence-corrected chi connectivity index (χ0v) is 21.4. The highest BCUT2D eigenvalue weighted by Gasteiger charge is 2.32. The first-order valence-corrected chi connectivity index (χ1v) is 12.7. The highest BCUT2D eigenvalue weighted by atomic mass is 35.5. The van der Waals surface area contributed by atoms with Crippen molar-refractivity contribution in [3.63, 3.8) is 0 Å². The first-order valence-electron chi connectivity index (χ1n) is 11.5. The van der Waals surface area contributed by atoms with Gasteiger partial charge < -0.3 is 9.88 Å². The summed E-state index contributed by atoms with van der Waals surface area (Å²) in [5, 5.41) is 13.5. The molecule has 10 heteroatoms. The molecular formula is C25H26ClN7OS. The number of aliphatic imine (C=N–C) groups is 1. The number of carbonyl (C=O) groups is 1. The van der Waals surface area contributed by atoms with Gasteiger partial charge in [0.2, 0.25) is 5.91 Å². The maximum Gasteiger partial charge on any atom is 0.222 e. The lowest BCUT2D eigenvalue weighted by Gasteiger charge is -2.13. The van der Waals surface area contributed by atoms with E-state index in [1.54, 1.807) is 23.9 Å². The molecule has 180 valence electrons. The smallest absolute Gasteiger partial charge is 0.222 e. The molecule has 1 aliphatic heterocycles. The van der Waals surface area contributed by atoms with Crippen LogP contribution in [0.15, 0.2) is 48.0 Å². The van der Waals surface area contributed by atoms with E-state index in [4.69, 9.17) is 16.6 Å². The topological polar surface area (TPSA) is 90.0 Å². The zero-order chi connectivity index (χ0) is 24.5. The average Bonchev–Trinajstić information content (AvgIpc) is 3.53. The third-order valence-electron chi connectivity index (χ3n) is 6.21. The quantitative estimate of drug-likeness (QED) is 0.370. The molecular weight excluding hydrogens is 482 g/mol. The van der Waals surface area contributed by atoms with E-state index in [9.17, 15) is 4.79 Å². The molecule has 0 saturated heterocycles. The van der Waals surface area contributed by atoms with Gasteiger partial charge in [0, 0.05) is 46.5 Å². The summed E-state index contributed by atoms with van der Waals surface area (Å²) in [5.41, 5.74) is 4.03. The van der Waals surface area contributed by atoms with Crippen molar-refractivity contribution in [2.75, 3.05) is 6.54 Å². The van der Waals surface area contributed by atoms with Crippen molar-refractivity contribution in [3.05, 3.63) is 81.2 Å². The van der Waals surface area contributed by atoms with Crippen molar-refractivity contribution >= 4 is 34.6 Å². The van der Waals surface area contributed by atoms with Crippen LogP contribution >= 0.6 is 22.9 Å². The molecule has 35 heavy (non-hydrogen) atoms. The Bertz CT molecular complexity index is 1390. The number of nitrogens with zero attached hydrogens (tertiary/aromatic N) is 6. The fraction of sp³-hybridized carbons (Fsp3) is 0.320. The molecule has 1 N–H and O–H groups in total. The predicted octanol–water partition coefficient (Wildman–Crippen LogP) is 4.59. The summed E-state index contributed by atoms with van der Waals surface area (Å²) in [6, 6.07) is 7.22. The normalized spacial score (nSPS) is 14.7. The third kappa shape index (κ3) is 4.66. The molecule has 0 saturated carbocycles. The van der Waals surface area contributed by atoms with Gasteiger partial charge in [-0.05, 0) is 44.9 Å². The van der Waals surface area contributed by atoms with Crippen LogP contribution in [-0.4, -0.2) is 42.5 Å². The van der Waals surface area contributed by atoms with Gasteiger partial charge in [0.15, 0.2) is 5.82 Å². The Morgan fingerprint density at radius 2 is 1.97 bits per heavy atom. The second-order valence-electron chi connectivity index (χ2n) is 8.61. The Hall–Kier alpha value is -3.30. The van der Waals surface area contributed by atoms with Gasteiger partial charge in [-0.25, -0.2) is 4.98 Å². The SMILES string of the molecule is Cc1sc2c(c1C)C(c1ccc(Cl)cc1)=NC(CC(=O)NCCCn1ccnc1)c1nnc(C)n1-2. The Labute approximate surface area is 212 Å². The second-order valence-corrected chi connectivity index (χ2v) is 10.3. The first kappa shape index (κ1) is 23.4. The number of carbonyl (C=O) groups excluding carboxylic acids is 1. The lowest BCUT2D eigenvalue weighted by Crippen LogP contribution is -2.27. The van der Waals surface area contributed by atoms with Crippen molar-refractivity contribution < 1.29 is 4.79 Å². The highest BCUT2D eigenvalue weighted by Crippen LogP contribution is 2.39. The van der Waals surface area contributed by atoms with Crippen molar-refractivity contribution in [3.8, 4) is 5.00 Å². The highest BCUT2D eigenvalue weighted by molar-refractivity contribution is 7.15. The standard InChI is InChI=1S/C25H26ClN7OS/c1-15-16(2)35-25-22(15)23(18-5-7-19(26)8-6-18)29-20(24-31-30-17(3)33(24)25)13-21(34)28-9-4-11-32-12-10-27-14-32/h5-8,10,12,14,20H,4,9,11,13H2,1-3H3,(H,28,34). The van der Waals surface area contributed by atoms with Crippen LogP contribution in [0.1, 0.15) is 52.1 Å². The molecule has 1 amide bonds. The maximum absolute atomic E-state index is 12.9. The Morgan fingerprint density at radius 3 is 2.71 bits per heavy atom. The number of rotatable bonds is 7. The van der Waals surface area contributed by atoms with Crippen LogP contribution in [0, 0.1) is 20.8 Å². The summed E-state index contributed by atoms with van der Waals surface area (Å²) < 4.78 is 4.05. The predicted molar refractivity (Wildman–Crippen MR) is 138 cm³/mol. The van der Waals surface area contributed by atoms with Gasteiger partial charge in [-0.1, -0.05) is 23.7 Å². The van der Waals surface area contributed by atoms with Gasteiger partial charge in [-0.2, -0.15) is 0 Å². The Kier molecular flexibility index (Phi) is 6.53. The molecule has 3 aromatic heterocycles. The van der Waals surface area contributed by atoms with E-state index in [0.29, 0.717) is 17.4 Å². The molecule has 1 unspecified atom stereocenters. The summed E-state index contributed by atoms with van der Waals surface area (Å²) in [6.07, 6.45) is 6.45. The minimum atomic E-state index is -0.463. The van der Waals surface area contributed by atoms with E-state index < -0.39 is 6.04 Å². The molecule has 1 atom stereocenters. The molecule has 0 bridgehead atoms. The minimum Gasteiger partial charge on any atom is -0.356 e. The lowest BCUT2D eigenvalue weighted by molar-refractivity contribution is -0.121. The fourth-order valence-electron chi connectivity index (χ4n) is 4.29. The molecule has 1 aliphatic rings. The fourth-order valence-corrected chi connectivity index (χ4v) is 5.63. The minimum absolute atomic E-state index is 0.0646. The number of hydrogen-bond donors (Lipinski definition) is 1. The maximum atomic E-state index is 12.9. The van der Waals surface area contributed by atoms with Crippen LogP contribution in [-0.2, 0) is 11.3 Å². The van der Waals surface area contributed by atoms with Crippen molar-refractivity contribution in [1.29, 1.82) is 0 Å². The number of hydrogen-bond acceptors (Lipinski definition) is 6. The summed E-state index contributed by atoms with van der Waals surface area (Å²) in [5.74, 6) is 1.40. The van der Waals surface area contributed by atoms with E-state index in [0.717, 1.165) is 40.6 Å². The van der Waals surface area contributed by atoms with Crippen molar-refractivity contribution in [2.24, 2.45) is 4.99 Å². The van der Waals surface area contributed by atoms with E-state index in [-0.39, 0.29) is 12.3 Å². The van der Waals surface area contributed by atoms with Crippen LogP contribution in [0.5, 0.6) is 0 Å². The number of aryl methyl sites for hydroxylation is 3. The molecule has 1 aromatic carbocycles.